The smallest absolute Gasteiger partial charge is 0.323 e. The summed E-state index contributed by atoms with van der Waals surface area (Å²) in [6.45, 7) is 12.5. The second-order valence-electron chi connectivity index (χ2n) is 14.9. The van der Waals surface area contributed by atoms with E-state index >= 15 is 0 Å². The summed E-state index contributed by atoms with van der Waals surface area (Å²) in [5.41, 5.74) is 9.72. The number of hydrogen-bond donors (Lipinski definition) is 1. The maximum atomic E-state index is 12.9. The van der Waals surface area contributed by atoms with E-state index in [-0.39, 0.29) is 17.5 Å². The molecule has 9 atom stereocenters. The van der Waals surface area contributed by atoms with E-state index in [1.807, 2.05) is 30.3 Å². The Morgan fingerprint density at radius 1 is 1.00 bits per heavy atom. The summed E-state index contributed by atoms with van der Waals surface area (Å²) >= 11 is 0. The summed E-state index contributed by atoms with van der Waals surface area (Å²) in [5.74, 6) is 4.87. The van der Waals surface area contributed by atoms with E-state index in [9.17, 15) is 4.79 Å². The largest absolute Gasteiger partial charge is 0.461 e. The molecule has 0 amide bonds. The summed E-state index contributed by atoms with van der Waals surface area (Å²) in [6.07, 6.45) is 17.2. The Morgan fingerprint density at radius 2 is 1.77 bits per heavy atom. The van der Waals surface area contributed by atoms with Crippen molar-refractivity contribution in [2.45, 2.75) is 124 Å². The fourth-order valence-corrected chi connectivity index (χ4v) is 9.96. The van der Waals surface area contributed by atoms with E-state index in [4.69, 9.17) is 10.5 Å². The minimum atomic E-state index is -0.593. The molecule has 3 nitrogen and oxygen atoms in total. The first-order valence-electron chi connectivity index (χ1n) is 16.3. The van der Waals surface area contributed by atoms with E-state index in [1.165, 1.54) is 51.4 Å². The van der Waals surface area contributed by atoms with Crippen molar-refractivity contribution in [2.24, 2.45) is 52.1 Å². The summed E-state index contributed by atoms with van der Waals surface area (Å²) in [7, 11) is 0. The van der Waals surface area contributed by atoms with Gasteiger partial charge >= 0.3 is 5.97 Å². The van der Waals surface area contributed by atoms with Crippen LogP contribution in [0.2, 0.25) is 0 Å². The molecule has 5 rings (SSSR count). The van der Waals surface area contributed by atoms with Crippen LogP contribution in [0.3, 0.4) is 0 Å². The number of ether oxygens (including phenoxy) is 1. The van der Waals surface area contributed by atoms with Gasteiger partial charge in [-0.25, -0.2) is 0 Å². The van der Waals surface area contributed by atoms with Crippen LogP contribution >= 0.6 is 0 Å². The van der Waals surface area contributed by atoms with Crippen LogP contribution in [0.4, 0.5) is 0 Å². The van der Waals surface area contributed by atoms with Gasteiger partial charge in [0.05, 0.1) is 0 Å². The molecule has 0 radical (unpaired) electrons. The van der Waals surface area contributed by atoms with Gasteiger partial charge in [-0.05, 0) is 103 Å². The molecule has 0 heterocycles. The Balaban J connectivity index is 1.21. The number of carbonyl (C=O) groups is 1. The topological polar surface area (TPSA) is 52.3 Å². The lowest BCUT2D eigenvalue weighted by atomic mass is 9.47. The summed E-state index contributed by atoms with van der Waals surface area (Å²) < 4.78 is 6.02. The highest BCUT2D eigenvalue weighted by Crippen LogP contribution is 2.67. The van der Waals surface area contributed by atoms with Crippen LogP contribution in [0.1, 0.15) is 111 Å². The molecule has 4 aliphatic carbocycles. The molecule has 3 saturated carbocycles. The Morgan fingerprint density at radius 3 is 2.51 bits per heavy atom. The molecule has 3 heteroatoms. The zero-order valence-electron chi connectivity index (χ0n) is 25.5. The number of benzene rings is 1. The maximum Gasteiger partial charge on any atom is 0.323 e. The van der Waals surface area contributed by atoms with Crippen LogP contribution in [0, 0.1) is 46.3 Å². The number of rotatable bonds is 9. The van der Waals surface area contributed by atoms with Gasteiger partial charge in [0.15, 0.2) is 0 Å². The van der Waals surface area contributed by atoms with Crippen molar-refractivity contribution in [1.82, 2.24) is 0 Å². The highest BCUT2D eigenvalue weighted by atomic mass is 16.5. The molecule has 0 spiro atoms. The average molecular weight is 534 g/mol. The van der Waals surface area contributed by atoms with Gasteiger partial charge < -0.3 is 10.5 Å². The van der Waals surface area contributed by atoms with Crippen molar-refractivity contribution in [2.75, 3.05) is 0 Å². The van der Waals surface area contributed by atoms with Crippen molar-refractivity contribution in [3.05, 3.63) is 47.5 Å². The van der Waals surface area contributed by atoms with Gasteiger partial charge in [0.1, 0.15) is 12.1 Å². The lowest BCUT2D eigenvalue weighted by molar-refractivity contribution is -0.153. The van der Waals surface area contributed by atoms with Crippen LogP contribution in [0.15, 0.2) is 42.0 Å². The minimum absolute atomic E-state index is 0.0217. The molecule has 0 saturated heterocycles. The predicted octanol–water partition coefficient (Wildman–Crippen LogP) is 8.51. The Kier molecular flexibility index (Phi) is 8.68. The highest BCUT2D eigenvalue weighted by molar-refractivity contribution is 5.76. The standard InChI is InChI=1S/C36H55NO2/c1-24(2)10-9-11-25(3)30-16-17-31-29-15-14-27-23-28(18-20-35(27,4)32(29)19-21-36(30,31)5)39-34(38)33(37)22-26-12-7-6-8-13-26/h6-8,12-14,24-25,28-33H,9-11,15-23,37H2,1-5H3/t25-,28?,29+,30-,31+,32+,33-,35+,36-/m1/s1. The number of hydrogen-bond acceptors (Lipinski definition) is 3. The average Bonchev–Trinajstić information content (AvgIpc) is 3.26. The molecule has 0 bridgehead atoms. The van der Waals surface area contributed by atoms with Gasteiger partial charge in [-0.3, -0.25) is 4.79 Å². The Labute approximate surface area is 238 Å². The van der Waals surface area contributed by atoms with Crippen LogP contribution in [0.25, 0.3) is 0 Å². The fraction of sp³-hybridized carbons (Fsp3) is 0.750. The number of allylic oxidation sites excluding steroid dienone is 1. The maximum absolute atomic E-state index is 12.9. The second kappa shape index (κ2) is 11.7. The van der Waals surface area contributed by atoms with Gasteiger partial charge in [0.25, 0.3) is 0 Å². The van der Waals surface area contributed by atoms with E-state index in [1.54, 1.807) is 5.57 Å². The minimum Gasteiger partial charge on any atom is -0.461 e. The van der Waals surface area contributed by atoms with E-state index in [0.29, 0.717) is 11.8 Å². The summed E-state index contributed by atoms with van der Waals surface area (Å²) in [5, 5.41) is 0. The van der Waals surface area contributed by atoms with E-state index < -0.39 is 6.04 Å². The Hall–Kier alpha value is -1.61. The van der Waals surface area contributed by atoms with Crippen LogP contribution in [0.5, 0.6) is 0 Å². The molecule has 3 fully saturated rings. The van der Waals surface area contributed by atoms with E-state index in [2.05, 4.69) is 40.7 Å². The number of nitrogens with two attached hydrogens (primary N) is 1. The number of carbonyl (C=O) groups excluding carboxylic acids is 1. The monoisotopic (exact) mass is 533 g/mol. The van der Waals surface area contributed by atoms with E-state index in [0.717, 1.165) is 60.3 Å². The Bertz CT molecular complexity index is 1020. The van der Waals surface area contributed by atoms with Gasteiger partial charge in [0.2, 0.25) is 0 Å². The van der Waals surface area contributed by atoms with Crippen molar-refractivity contribution in [1.29, 1.82) is 0 Å². The lowest BCUT2D eigenvalue weighted by Gasteiger charge is -2.58. The van der Waals surface area contributed by atoms with Crippen molar-refractivity contribution < 1.29 is 9.53 Å². The molecular formula is C36H55NO2. The zero-order valence-corrected chi connectivity index (χ0v) is 25.5. The third-order valence-electron chi connectivity index (χ3n) is 12.1. The van der Waals surface area contributed by atoms with Crippen molar-refractivity contribution in [3.63, 3.8) is 0 Å². The lowest BCUT2D eigenvalue weighted by Crippen LogP contribution is -2.51. The van der Waals surface area contributed by atoms with Crippen LogP contribution in [-0.2, 0) is 16.0 Å². The van der Waals surface area contributed by atoms with Gasteiger partial charge in [-0.1, -0.05) is 95.9 Å². The molecule has 39 heavy (non-hydrogen) atoms. The van der Waals surface area contributed by atoms with Gasteiger partial charge in [-0.15, -0.1) is 0 Å². The normalized spacial score (nSPS) is 37.3. The summed E-state index contributed by atoms with van der Waals surface area (Å²) in [4.78, 5) is 12.9. The SMILES string of the molecule is CC(C)CCC[C@@H](C)[C@H]1CC[C@H]2[C@@H]3CC=C4CC(OC(=O)[C@H](N)Cc5ccccc5)CC[C@]4(C)[C@H]3CC[C@]12C. The highest BCUT2D eigenvalue weighted by Gasteiger charge is 2.59. The van der Waals surface area contributed by atoms with Crippen LogP contribution in [-0.4, -0.2) is 18.1 Å². The molecule has 2 N–H and O–H groups in total. The summed E-state index contributed by atoms with van der Waals surface area (Å²) in [6, 6.07) is 9.43. The van der Waals surface area contributed by atoms with Gasteiger partial charge in [0, 0.05) is 6.42 Å². The molecule has 1 unspecified atom stereocenters. The third-order valence-corrected chi connectivity index (χ3v) is 12.1. The molecule has 4 aliphatic rings. The van der Waals surface area contributed by atoms with Crippen molar-refractivity contribution in [3.8, 4) is 0 Å². The number of esters is 1. The molecule has 1 aromatic rings. The van der Waals surface area contributed by atoms with Gasteiger partial charge in [-0.2, -0.15) is 0 Å². The second-order valence-corrected chi connectivity index (χ2v) is 14.9. The first-order chi connectivity index (χ1) is 18.6. The molecule has 0 aromatic heterocycles. The molecule has 0 aliphatic heterocycles. The molecule has 1 aromatic carbocycles. The first-order valence-corrected chi connectivity index (χ1v) is 16.3. The quantitative estimate of drug-likeness (QED) is 0.256. The molecule has 216 valence electrons. The fourth-order valence-electron chi connectivity index (χ4n) is 9.96. The van der Waals surface area contributed by atoms with Crippen molar-refractivity contribution >= 4 is 5.97 Å². The third kappa shape index (κ3) is 5.77. The van der Waals surface area contributed by atoms with Crippen LogP contribution < -0.4 is 5.73 Å². The molecular weight excluding hydrogens is 478 g/mol. The zero-order chi connectivity index (χ0) is 27.8. The first kappa shape index (κ1) is 28.9. The predicted molar refractivity (Wildman–Crippen MR) is 161 cm³/mol. The number of fused-ring (bicyclic) bond motifs is 5.